The molecule has 0 N–H and O–H groups in total. The molecule has 0 saturated heterocycles. The standard InChI is InChI=1S/C24H30N3.C18H24N3.C4H8.C3H8.C3H6/c1-3-4-5-6-12-19-27-23(18-17-21-13-10-11-16-24(21)27)20-25-26(2)22-14-8-7-9-15-22;1-3-4-8-13-21-14-11-17(12-15-21)16-19-20(2)18-9-6-5-7-10-18;1-3-4-2;2*1-3-2/h7-11,13-18,20H,3-6,12,19H2,1-2H3;5-7,9-12,14-16H,3-4,8,13H2,1-2H3;3-4H,1-2H3;3H2,1-2H3;3H,1H2,2H3/q2*+1;;;/b;;4-3-;;. The van der Waals surface area contributed by atoms with E-state index >= 15 is 0 Å². The highest BCUT2D eigenvalue weighted by atomic mass is 15.4. The third-order valence-corrected chi connectivity index (χ3v) is 8.73. The Morgan fingerprint density at radius 1 is 0.552 bits per heavy atom. The molecule has 3 aromatic carbocycles. The van der Waals surface area contributed by atoms with Gasteiger partial charge in [-0.3, -0.25) is 10.0 Å². The second kappa shape index (κ2) is 33.7. The van der Waals surface area contributed by atoms with Gasteiger partial charge in [-0.15, -0.1) is 6.58 Å². The summed E-state index contributed by atoms with van der Waals surface area (Å²) in [6.07, 6.45) is 25.3. The minimum absolute atomic E-state index is 1.03. The number of para-hydroxylation sites is 3. The Morgan fingerprint density at radius 2 is 1.02 bits per heavy atom. The molecular formula is C52H76N6+2. The van der Waals surface area contributed by atoms with E-state index in [-0.39, 0.29) is 0 Å². The van der Waals surface area contributed by atoms with E-state index in [9.17, 15) is 0 Å². The number of unbranched alkanes of at least 4 members (excludes halogenated alkanes) is 6. The van der Waals surface area contributed by atoms with E-state index in [1.54, 1.807) is 6.08 Å². The minimum atomic E-state index is 1.03. The first-order valence-electron chi connectivity index (χ1n) is 21.5. The molecule has 0 unspecified atom stereocenters. The van der Waals surface area contributed by atoms with Crippen LogP contribution in [0.1, 0.15) is 118 Å². The predicted octanol–water partition coefficient (Wildman–Crippen LogP) is 13.4. The maximum absolute atomic E-state index is 4.68. The lowest BCUT2D eigenvalue weighted by molar-refractivity contribution is -0.697. The largest absolute Gasteiger partial charge is 0.269 e. The molecular weight excluding hydrogens is 709 g/mol. The predicted molar refractivity (Wildman–Crippen MR) is 256 cm³/mol. The van der Waals surface area contributed by atoms with Gasteiger partial charge in [0.05, 0.1) is 17.6 Å². The van der Waals surface area contributed by atoms with Crippen molar-refractivity contribution in [1.82, 2.24) is 0 Å². The van der Waals surface area contributed by atoms with Crippen LogP contribution in [0.5, 0.6) is 0 Å². The van der Waals surface area contributed by atoms with E-state index < -0.39 is 0 Å². The monoisotopic (exact) mass is 785 g/mol. The highest BCUT2D eigenvalue weighted by Crippen LogP contribution is 2.14. The Kier molecular flexibility index (Phi) is 29.5. The lowest BCUT2D eigenvalue weighted by atomic mass is 10.1. The van der Waals surface area contributed by atoms with Gasteiger partial charge in [-0.25, -0.2) is 4.57 Å². The average Bonchev–Trinajstić information content (AvgIpc) is 3.27. The Hall–Kier alpha value is -5.36. The number of hydrogen-bond acceptors (Lipinski definition) is 4. The lowest BCUT2D eigenvalue weighted by Crippen LogP contribution is -2.39. The fourth-order valence-corrected chi connectivity index (χ4v) is 5.48. The number of rotatable bonds is 16. The van der Waals surface area contributed by atoms with Gasteiger partial charge in [0.15, 0.2) is 12.4 Å². The molecule has 0 bridgehead atoms. The van der Waals surface area contributed by atoms with Gasteiger partial charge in [0.25, 0.3) is 0 Å². The quantitative estimate of drug-likeness (QED) is 0.0329. The molecule has 0 amide bonds. The summed E-state index contributed by atoms with van der Waals surface area (Å²) in [5, 5.41) is 14.2. The van der Waals surface area contributed by atoms with E-state index in [1.807, 2.05) is 118 Å². The first-order chi connectivity index (χ1) is 28.3. The van der Waals surface area contributed by atoms with E-state index in [4.69, 9.17) is 0 Å². The normalized spacial score (nSPS) is 10.4. The molecule has 6 nitrogen and oxygen atoms in total. The maximum Gasteiger partial charge on any atom is 0.225 e. The van der Waals surface area contributed by atoms with Gasteiger partial charge in [0, 0.05) is 62.2 Å². The van der Waals surface area contributed by atoms with Gasteiger partial charge >= 0.3 is 0 Å². The highest BCUT2D eigenvalue weighted by molar-refractivity contribution is 5.82. The average molecular weight is 785 g/mol. The number of benzene rings is 3. The molecule has 2 aromatic heterocycles. The number of nitrogens with zero attached hydrogens (tertiary/aromatic N) is 6. The molecule has 5 rings (SSSR count). The summed E-state index contributed by atoms with van der Waals surface area (Å²) in [5.74, 6) is 0. The van der Waals surface area contributed by atoms with Gasteiger partial charge in [-0.1, -0.05) is 127 Å². The van der Waals surface area contributed by atoms with Gasteiger partial charge in [0.1, 0.15) is 19.3 Å². The number of hydrogen-bond donors (Lipinski definition) is 0. The molecule has 0 aliphatic heterocycles. The fraction of sp³-hybridized carbons (Fsp3) is 0.385. The number of aryl methyl sites for hydroxylation is 2. The van der Waals surface area contributed by atoms with Crippen molar-refractivity contribution in [2.45, 2.75) is 119 Å². The van der Waals surface area contributed by atoms with Gasteiger partial charge in [-0.05, 0) is 70.0 Å². The van der Waals surface area contributed by atoms with Crippen molar-refractivity contribution in [2.75, 3.05) is 24.1 Å². The van der Waals surface area contributed by atoms with Crippen LogP contribution >= 0.6 is 0 Å². The highest BCUT2D eigenvalue weighted by Gasteiger charge is 2.14. The number of allylic oxidation sites excluding steroid dienone is 3. The second-order valence-corrected chi connectivity index (χ2v) is 13.9. The van der Waals surface area contributed by atoms with E-state index in [2.05, 4.69) is 127 Å². The molecule has 6 heteroatoms. The lowest BCUT2D eigenvalue weighted by Gasteiger charge is -2.12. The van der Waals surface area contributed by atoms with Crippen molar-refractivity contribution in [1.29, 1.82) is 0 Å². The number of hydrazone groups is 2. The van der Waals surface area contributed by atoms with Crippen LogP contribution < -0.4 is 19.2 Å². The molecule has 0 aliphatic rings. The van der Waals surface area contributed by atoms with Crippen LogP contribution in [0, 0.1) is 0 Å². The Morgan fingerprint density at radius 3 is 1.55 bits per heavy atom. The van der Waals surface area contributed by atoms with Gasteiger partial charge in [-0.2, -0.15) is 14.8 Å². The third kappa shape index (κ3) is 21.8. The van der Waals surface area contributed by atoms with Gasteiger partial charge < -0.3 is 0 Å². The van der Waals surface area contributed by atoms with Crippen LogP contribution in [-0.4, -0.2) is 26.5 Å². The number of pyridine rings is 2. The zero-order chi connectivity index (χ0) is 42.6. The molecule has 0 radical (unpaired) electrons. The van der Waals surface area contributed by atoms with Crippen LogP contribution in [0.25, 0.3) is 10.9 Å². The minimum Gasteiger partial charge on any atom is -0.269 e. The van der Waals surface area contributed by atoms with Crippen LogP contribution in [-0.2, 0) is 13.1 Å². The maximum atomic E-state index is 4.68. The number of aromatic nitrogens is 2. The molecule has 0 aliphatic carbocycles. The number of fused-ring (bicyclic) bond motifs is 1. The van der Waals surface area contributed by atoms with Crippen LogP contribution in [0.15, 0.2) is 157 Å². The van der Waals surface area contributed by atoms with Crippen LogP contribution in [0.4, 0.5) is 11.4 Å². The van der Waals surface area contributed by atoms with E-state index in [0.29, 0.717) is 0 Å². The summed E-state index contributed by atoms with van der Waals surface area (Å²) in [6, 6.07) is 37.6. The zero-order valence-electron chi connectivity index (χ0n) is 37.6. The van der Waals surface area contributed by atoms with Crippen molar-refractivity contribution >= 4 is 34.7 Å². The van der Waals surface area contributed by atoms with Crippen molar-refractivity contribution in [3.05, 3.63) is 158 Å². The molecule has 0 atom stereocenters. The smallest absolute Gasteiger partial charge is 0.225 e. The Labute approximate surface area is 354 Å². The summed E-state index contributed by atoms with van der Waals surface area (Å²) in [7, 11) is 3.95. The summed E-state index contributed by atoms with van der Waals surface area (Å²) in [6.45, 7) is 20.1. The first-order valence-corrected chi connectivity index (χ1v) is 21.5. The van der Waals surface area contributed by atoms with Crippen molar-refractivity contribution in [3.63, 3.8) is 0 Å². The Balaban J connectivity index is 0.000000481. The fourth-order valence-electron chi connectivity index (χ4n) is 5.48. The molecule has 58 heavy (non-hydrogen) atoms. The third-order valence-electron chi connectivity index (χ3n) is 8.73. The zero-order valence-corrected chi connectivity index (χ0v) is 37.6. The number of anilines is 2. The Bertz CT molecular complexity index is 1810. The van der Waals surface area contributed by atoms with Crippen LogP contribution in [0.3, 0.4) is 0 Å². The molecule has 2 heterocycles. The SMILES string of the molecule is C/C=C\C.C=CC.CCC.CCCCCCC[n+]1c(/C=N/N(C)c2ccccc2)ccc2ccccc21.CCCCC[n+]1ccc(/C=N/N(C)c2ccccc2)cc1. The first kappa shape index (κ1) is 50.7. The summed E-state index contributed by atoms with van der Waals surface area (Å²) in [4.78, 5) is 0. The summed E-state index contributed by atoms with van der Waals surface area (Å²) >= 11 is 0. The topological polar surface area (TPSA) is 39.0 Å². The molecule has 0 spiro atoms. The molecule has 312 valence electrons. The van der Waals surface area contributed by atoms with Crippen molar-refractivity contribution < 1.29 is 9.13 Å². The molecule has 0 saturated carbocycles. The van der Waals surface area contributed by atoms with E-state index in [0.717, 1.165) is 35.7 Å². The summed E-state index contributed by atoms with van der Waals surface area (Å²) in [5.41, 5.74) is 5.70. The van der Waals surface area contributed by atoms with Crippen molar-refractivity contribution in [3.8, 4) is 0 Å². The van der Waals surface area contributed by atoms with Crippen LogP contribution in [0.2, 0.25) is 0 Å². The van der Waals surface area contributed by atoms with Gasteiger partial charge in [0.2, 0.25) is 11.2 Å². The summed E-state index contributed by atoms with van der Waals surface area (Å²) < 4.78 is 4.64. The molecule has 5 aromatic rings. The molecule has 0 fully saturated rings. The van der Waals surface area contributed by atoms with Crippen molar-refractivity contribution in [2.24, 2.45) is 10.2 Å². The van der Waals surface area contributed by atoms with E-state index in [1.165, 1.54) is 68.7 Å². The second-order valence-electron chi connectivity index (χ2n) is 13.9.